The monoisotopic (exact) mass is 468 g/mol. The third kappa shape index (κ3) is 3.03. The normalized spacial score (nSPS) is 20.3. The number of rotatable bonds is 4. The Bertz CT molecular complexity index is 1140. The minimum absolute atomic E-state index is 0.0579. The van der Waals surface area contributed by atoms with Crippen LogP contribution in [0.4, 0.5) is 0 Å². The maximum Gasteiger partial charge on any atom is 0.268 e. The van der Waals surface area contributed by atoms with Gasteiger partial charge in [0.05, 0.1) is 29.2 Å². The Morgan fingerprint density at radius 2 is 2.00 bits per heavy atom. The second-order valence-corrected chi connectivity index (χ2v) is 8.92. The number of hydrogen-bond donors (Lipinski definition) is 1. The Morgan fingerprint density at radius 1 is 1.23 bits per heavy atom. The smallest absolute Gasteiger partial charge is 0.268 e. The fraction of sp³-hybridized carbons (Fsp3) is 0.391. The van der Waals surface area contributed by atoms with Crippen LogP contribution in [0.2, 0.25) is 0 Å². The molecule has 3 aromatic rings. The molecule has 0 radical (unpaired) electrons. The molecule has 1 amide bonds. The summed E-state index contributed by atoms with van der Waals surface area (Å²) >= 11 is 3.63. The van der Waals surface area contributed by atoms with Gasteiger partial charge in [-0.3, -0.25) is 9.80 Å². The van der Waals surface area contributed by atoms with Crippen LogP contribution in [0.5, 0.6) is 5.75 Å². The molecule has 7 heteroatoms. The highest BCUT2D eigenvalue weighted by Gasteiger charge is 2.41. The van der Waals surface area contributed by atoms with Crippen LogP contribution in [0.3, 0.4) is 0 Å². The second kappa shape index (κ2) is 7.39. The minimum atomic E-state index is 0.0579. The van der Waals surface area contributed by atoms with E-state index in [9.17, 15) is 4.79 Å². The van der Waals surface area contributed by atoms with Gasteiger partial charge in [-0.25, -0.2) is 9.99 Å². The Balaban J connectivity index is 1.55. The fourth-order valence-corrected chi connectivity index (χ4v) is 5.12. The van der Waals surface area contributed by atoms with E-state index in [1.165, 1.54) is 5.56 Å². The van der Waals surface area contributed by atoms with Gasteiger partial charge in [-0.05, 0) is 69.0 Å². The Hall–Kier alpha value is -2.38. The van der Waals surface area contributed by atoms with Crippen LogP contribution in [0, 0.1) is 13.8 Å². The van der Waals surface area contributed by atoms with Crippen LogP contribution in [-0.4, -0.2) is 51.6 Å². The molecule has 0 atom stereocenters. The molecule has 2 fully saturated rings. The van der Waals surface area contributed by atoms with Crippen LogP contribution in [0.15, 0.2) is 28.7 Å². The van der Waals surface area contributed by atoms with E-state index in [-0.39, 0.29) is 5.91 Å². The largest absolute Gasteiger partial charge is 0.493 e. The number of amides is 1. The summed E-state index contributed by atoms with van der Waals surface area (Å²) in [6.45, 7) is 8.58. The average Bonchev–Trinajstić information content (AvgIpc) is 3.46. The number of H-pyrrole nitrogens is 1. The number of nitrogens with one attached hydrogen (secondary N) is 1. The maximum absolute atomic E-state index is 13.2. The van der Waals surface area contributed by atoms with Crippen LogP contribution in [0.25, 0.3) is 22.4 Å². The molecular weight excluding hydrogens is 444 g/mol. The molecule has 2 aromatic carbocycles. The first kappa shape index (κ1) is 19.6. The van der Waals surface area contributed by atoms with E-state index in [1.807, 2.05) is 30.1 Å². The number of benzene rings is 2. The zero-order valence-corrected chi connectivity index (χ0v) is 19.0. The van der Waals surface area contributed by atoms with Gasteiger partial charge in [0.2, 0.25) is 0 Å². The number of aromatic nitrogens is 2. The fourth-order valence-electron chi connectivity index (χ4n) is 4.59. The summed E-state index contributed by atoms with van der Waals surface area (Å²) in [5.41, 5.74) is 5.78. The summed E-state index contributed by atoms with van der Waals surface area (Å²) in [6, 6.07) is 8.10. The van der Waals surface area contributed by atoms with Gasteiger partial charge in [-0.15, -0.1) is 0 Å². The number of aryl methyl sites for hydroxylation is 1. The van der Waals surface area contributed by atoms with Crippen molar-refractivity contribution in [1.29, 1.82) is 0 Å². The van der Waals surface area contributed by atoms with Gasteiger partial charge in [0.15, 0.2) is 0 Å². The van der Waals surface area contributed by atoms with Crippen LogP contribution in [0.1, 0.15) is 41.3 Å². The van der Waals surface area contributed by atoms with E-state index in [1.54, 1.807) is 0 Å². The molecule has 0 aliphatic carbocycles. The third-order valence-corrected chi connectivity index (χ3v) is 7.19. The van der Waals surface area contributed by atoms with Gasteiger partial charge in [0.25, 0.3) is 5.91 Å². The number of fused-ring (bicyclic) bond motifs is 3. The van der Waals surface area contributed by atoms with E-state index < -0.39 is 0 Å². The third-order valence-electron chi connectivity index (χ3n) is 6.36. The Labute approximate surface area is 184 Å². The van der Waals surface area contributed by atoms with E-state index >= 15 is 0 Å². The molecule has 2 aliphatic rings. The van der Waals surface area contributed by atoms with Gasteiger partial charge in [0.1, 0.15) is 11.6 Å². The highest BCUT2D eigenvalue weighted by atomic mass is 79.9. The van der Waals surface area contributed by atoms with Gasteiger partial charge in [0, 0.05) is 23.1 Å². The molecular formula is C23H25BrN4O2. The molecule has 30 heavy (non-hydrogen) atoms. The van der Waals surface area contributed by atoms with Crippen molar-refractivity contribution < 1.29 is 9.53 Å². The van der Waals surface area contributed by atoms with Crippen molar-refractivity contribution in [3.63, 3.8) is 0 Å². The highest BCUT2D eigenvalue weighted by molar-refractivity contribution is 9.10. The number of aromatic amines is 1. The molecule has 1 aromatic heterocycles. The van der Waals surface area contributed by atoms with Crippen molar-refractivity contribution in [2.45, 2.75) is 39.7 Å². The molecule has 0 saturated carbocycles. The van der Waals surface area contributed by atoms with Crippen LogP contribution < -0.4 is 4.74 Å². The summed E-state index contributed by atoms with van der Waals surface area (Å²) in [7, 11) is 0. The first-order valence-electron chi connectivity index (χ1n) is 10.5. The molecule has 156 valence electrons. The quantitative estimate of drug-likeness (QED) is 0.594. The van der Waals surface area contributed by atoms with Crippen molar-refractivity contribution in [2.75, 3.05) is 19.7 Å². The number of piperidine rings is 1. The topological polar surface area (TPSA) is 61.5 Å². The molecule has 0 unspecified atom stereocenters. The lowest BCUT2D eigenvalue weighted by Crippen LogP contribution is -2.38. The van der Waals surface area contributed by atoms with Gasteiger partial charge >= 0.3 is 0 Å². The highest BCUT2D eigenvalue weighted by Crippen LogP contribution is 2.35. The Morgan fingerprint density at radius 3 is 2.67 bits per heavy atom. The SMILES string of the molecule is CCOc1cc(C(=O)N2C3CCN2CC3)ccc1-c1nc2c(C)c(C)c(Br)cc2[nH]1. The number of carbonyl (C=O) groups excluding carboxylic acids is 1. The molecule has 2 bridgehead atoms. The van der Waals surface area contributed by atoms with E-state index in [4.69, 9.17) is 9.72 Å². The first-order valence-corrected chi connectivity index (χ1v) is 11.3. The summed E-state index contributed by atoms with van der Waals surface area (Å²) in [6.07, 6.45) is 2.13. The second-order valence-electron chi connectivity index (χ2n) is 8.07. The lowest BCUT2D eigenvalue weighted by molar-refractivity contribution is 0.0334. The maximum atomic E-state index is 13.2. The average molecular weight is 469 g/mol. The van der Waals surface area contributed by atoms with E-state index in [0.29, 0.717) is 24.0 Å². The molecule has 5 rings (SSSR count). The molecule has 2 aliphatic heterocycles. The summed E-state index contributed by atoms with van der Waals surface area (Å²) in [5.74, 6) is 1.48. The van der Waals surface area contributed by atoms with E-state index in [0.717, 1.165) is 58.4 Å². The molecule has 1 N–H and O–H groups in total. The molecule has 2 saturated heterocycles. The lowest BCUT2D eigenvalue weighted by Gasteiger charge is -2.24. The summed E-state index contributed by atoms with van der Waals surface area (Å²) < 4.78 is 6.99. The minimum Gasteiger partial charge on any atom is -0.493 e. The zero-order valence-electron chi connectivity index (χ0n) is 17.5. The van der Waals surface area contributed by atoms with Crippen molar-refractivity contribution in [3.05, 3.63) is 45.4 Å². The van der Waals surface area contributed by atoms with Crippen LogP contribution >= 0.6 is 15.9 Å². The number of hydrazine groups is 1. The number of ether oxygens (including phenoxy) is 1. The van der Waals surface area contributed by atoms with E-state index in [2.05, 4.69) is 45.8 Å². The predicted octanol–water partition coefficient (Wildman–Crippen LogP) is 4.84. The Kier molecular flexibility index (Phi) is 4.82. The van der Waals surface area contributed by atoms with Crippen molar-refractivity contribution in [1.82, 2.24) is 20.0 Å². The van der Waals surface area contributed by atoms with Gasteiger partial charge < -0.3 is 9.72 Å². The van der Waals surface area contributed by atoms with Crippen molar-refractivity contribution >= 4 is 32.9 Å². The number of halogens is 1. The lowest BCUT2D eigenvalue weighted by atomic mass is 10.1. The van der Waals surface area contributed by atoms with Gasteiger partial charge in [-0.2, -0.15) is 0 Å². The van der Waals surface area contributed by atoms with Crippen molar-refractivity contribution in [3.8, 4) is 17.1 Å². The number of hydrogen-bond acceptors (Lipinski definition) is 4. The van der Waals surface area contributed by atoms with Gasteiger partial charge in [-0.1, -0.05) is 15.9 Å². The summed E-state index contributed by atoms with van der Waals surface area (Å²) in [5, 5.41) is 4.11. The first-order chi connectivity index (χ1) is 14.5. The van der Waals surface area contributed by atoms with Crippen molar-refractivity contribution in [2.24, 2.45) is 0 Å². The number of carbonyl (C=O) groups is 1. The standard InChI is InChI=1S/C23H25BrN4O2/c1-4-30-20-11-15(23(29)28-16-7-9-27(28)10-8-16)5-6-17(20)22-25-19-12-18(24)13(2)14(3)21(19)26-22/h5-6,11-12,16H,4,7-10H2,1-3H3,(H,25,26). The molecule has 3 heterocycles. The predicted molar refractivity (Wildman–Crippen MR) is 121 cm³/mol. The number of imidazole rings is 1. The van der Waals surface area contributed by atoms with Crippen LogP contribution in [-0.2, 0) is 0 Å². The number of nitrogens with zero attached hydrogens (tertiary/aromatic N) is 3. The molecule has 6 nitrogen and oxygen atoms in total. The molecule has 0 spiro atoms. The summed E-state index contributed by atoms with van der Waals surface area (Å²) in [4.78, 5) is 21.4. The zero-order chi connectivity index (χ0) is 21.0.